The van der Waals surface area contributed by atoms with Crippen LogP contribution in [0.3, 0.4) is 0 Å². The van der Waals surface area contributed by atoms with E-state index in [9.17, 15) is 27.6 Å². The van der Waals surface area contributed by atoms with Crippen LogP contribution in [0.4, 0.5) is 0 Å². The molecule has 7 rings (SSSR count). The maximum absolute atomic E-state index is 14.9. The molecule has 57 heavy (non-hydrogen) atoms. The first kappa shape index (κ1) is 40.2. The Hall–Kier alpha value is -4.98. The maximum atomic E-state index is 14.9. The molecular formula is C43H53N5O8S. The van der Waals surface area contributed by atoms with E-state index in [0.29, 0.717) is 54.0 Å². The van der Waals surface area contributed by atoms with Gasteiger partial charge in [-0.15, -0.1) is 6.58 Å². The van der Waals surface area contributed by atoms with Gasteiger partial charge in [0.25, 0.3) is 5.91 Å². The van der Waals surface area contributed by atoms with Crippen molar-refractivity contribution in [1.82, 2.24) is 24.8 Å². The molecule has 0 bridgehead atoms. The van der Waals surface area contributed by atoms with Gasteiger partial charge in [0, 0.05) is 54.9 Å². The Morgan fingerprint density at radius 1 is 1.04 bits per heavy atom. The molecular weight excluding hydrogens is 747 g/mol. The monoisotopic (exact) mass is 799 g/mol. The molecule has 3 aromatic rings. The standard InChI is InChI=1S/C43H53N5O8S/c1-6-28-25-43(28,41(52)46-57(53,54)31-16-17-31)45-39(50)36-22-30(26-48(36)40(51)33(42(2,3)4)23-38(49)47-19-11-8-12-20-47)56-37-24-34(27-13-9-7-10-14-27)44-35-21-29(55-5)15-18-32(35)37/h6-7,9-10,13-15,18,21,24,28,30-31,33,36H,1,8,11-12,16-17,19-20,22-23,25-26H2,2-5H3,(H,45,50)(H,46,52)/t28-,30-,33-,36+,43?/m1/s1. The summed E-state index contributed by atoms with van der Waals surface area (Å²) in [5, 5.41) is 2.94. The van der Waals surface area contributed by atoms with E-state index < -0.39 is 62.0 Å². The summed E-state index contributed by atoms with van der Waals surface area (Å²) in [6.45, 7) is 10.9. The first-order valence-corrected chi connectivity index (χ1v) is 21.5. The summed E-state index contributed by atoms with van der Waals surface area (Å²) in [6.07, 6.45) is 4.91. The van der Waals surface area contributed by atoms with Crippen molar-refractivity contribution in [3.05, 3.63) is 67.3 Å². The van der Waals surface area contributed by atoms with Gasteiger partial charge in [0.15, 0.2) is 0 Å². The van der Waals surface area contributed by atoms with Gasteiger partial charge in [-0.25, -0.2) is 13.4 Å². The SMILES string of the molecule is C=C[C@@H]1CC1(NC(=O)[C@@H]1C[C@@H](Oc2cc(-c3ccccc3)nc3cc(OC)ccc23)CN1C(=O)[C@@H](CC(=O)N1CCCCC1)C(C)(C)C)C(=O)NS(=O)(=O)C1CC1. The third-order valence-electron chi connectivity index (χ3n) is 11.9. The number of likely N-dealkylation sites (tertiary alicyclic amines) is 2. The van der Waals surface area contributed by atoms with Gasteiger partial charge < -0.3 is 24.6 Å². The van der Waals surface area contributed by atoms with Gasteiger partial charge >= 0.3 is 0 Å². The Labute approximate surface area is 334 Å². The van der Waals surface area contributed by atoms with Gasteiger partial charge in [-0.2, -0.15) is 0 Å². The number of carbonyl (C=O) groups is 4. The van der Waals surface area contributed by atoms with Gasteiger partial charge in [0.05, 0.1) is 36.0 Å². The van der Waals surface area contributed by atoms with Gasteiger partial charge in [-0.3, -0.25) is 23.9 Å². The van der Waals surface area contributed by atoms with Crippen LogP contribution in [0.25, 0.3) is 22.2 Å². The number of aromatic nitrogens is 1. The molecule has 0 radical (unpaired) electrons. The summed E-state index contributed by atoms with van der Waals surface area (Å²) >= 11 is 0. The van der Waals surface area contributed by atoms with Gasteiger partial charge in [-0.1, -0.05) is 57.2 Å². The zero-order valence-electron chi connectivity index (χ0n) is 33.2. The smallest absolute Gasteiger partial charge is 0.259 e. The highest BCUT2D eigenvalue weighted by Gasteiger charge is 2.62. The van der Waals surface area contributed by atoms with Crippen molar-refractivity contribution in [3.63, 3.8) is 0 Å². The Kier molecular flexibility index (Phi) is 11.1. The lowest BCUT2D eigenvalue weighted by Gasteiger charge is -2.36. The number of amides is 4. The number of nitrogens with one attached hydrogen (secondary N) is 2. The molecule has 2 aromatic carbocycles. The summed E-state index contributed by atoms with van der Waals surface area (Å²) in [5.74, 6) is -2.03. The Bertz CT molecular complexity index is 2160. The van der Waals surface area contributed by atoms with E-state index in [1.54, 1.807) is 7.11 Å². The van der Waals surface area contributed by atoms with E-state index in [0.717, 1.165) is 24.8 Å². The third-order valence-corrected chi connectivity index (χ3v) is 13.7. The number of ether oxygens (including phenoxy) is 2. The zero-order chi connectivity index (χ0) is 40.7. The van der Waals surface area contributed by atoms with Crippen molar-refractivity contribution in [2.75, 3.05) is 26.7 Å². The van der Waals surface area contributed by atoms with E-state index >= 15 is 0 Å². The van der Waals surface area contributed by atoms with Crippen LogP contribution in [0.2, 0.25) is 0 Å². The van der Waals surface area contributed by atoms with Crippen molar-refractivity contribution >= 4 is 44.6 Å². The molecule has 13 nitrogen and oxygen atoms in total. The molecule has 2 aliphatic heterocycles. The molecule has 2 saturated heterocycles. The minimum absolute atomic E-state index is 0.0140. The maximum Gasteiger partial charge on any atom is 0.259 e. The molecule has 1 aromatic heterocycles. The third kappa shape index (κ3) is 8.51. The molecule has 14 heteroatoms. The van der Waals surface area contributed by atoms with Crippen LogP contribution in [0, 0.1) is 17.3 Å². The number of sulfonamides is 1. The van der Waals surface area contributed by atoms with Crippen molar-refractivity contribution in [2.24, 2.45) is 17.3 Å². The topological polar surface area (TPSA) is 164 Å². The molecule has 1 unspecified atom stereocenters. The van der Waals surface area contributed by atoms with Crippen LogP contribution >= 0.6 is 0 Å². The second-order valence-corrected chi connectivity index (χ2v) is 18.9. The molecule has 3 heterocycles. The molecule has 2 N–H and O–H groups in total. The second-order valence-electron chi connectivity index (χ2n) is 17.0. The van der Waals surface area contributed by atoms with Crippen LogP contribution in [0.1, 0.15) is 72.1 Å². The fourth-order valence-electron chi connectivity index (χ4n) is 8.14. The number of hydrogen-bond donors (Lipinski definition) is 2. The largest absolute Gasteiger partial charge is 0.497 e. The number of hydrogen-bond acceptors (Lipinski definition) is 9. The summed E-state index contributed by atoms with van der Waals surface area (Å²) in [4.78, 5) is 64.9. The highest BCUT2D eigenvalue weighted by Crippen LogP contribution is 2.46. The number of rotatable bonds is 13. The van der Waals surface area contributed by atoms with Crippen LogP contribution < -0.4 is 19.5 Å². The molecule has 2 aliphatic carbocycles. The lowest BCUT2D eigenvalue weighted by atomic mass is 9.77. The van der Waals surface area contributed by atoms with E-state index in [1.165, 1.54) is 11.0 Å². The summed E-state index contributed by atoms with van der Waals surface area (Å²) in [6, 6.07) is 15.9. The van der Waals surface area contributed by atoms with E-state index in [1.807, 2.05) is 80.3 Å². The molecule has 4 fully saturated rings. The number of carbonyl (C=O) groups excluding carboxylic acids is 4. The van der Waals surface area contributed by atoms with Crippen molar-refractivity contribution in [3.8, 4) is 22.8 Å². The predicted molar refractivity (Wildman–Crippen MR) is 216 cm³/mol. The number of benzene rings is 2. The van der Waals surface area contributed by atoms with Crippen LogP contribution in [0.5, 0.6) is 11.5 Å². The number of methoxy groups -OCH3 is 1. The number of piperidine rings is 1. The Balaban J connectivity index is 1.21. The van der Waals surface area contributed by atoms with Crippen LogP contribution in [0.15, 0.2) is 67.3 Å². The van der Waals surface area contributed by atoms with Gasteiger partial charge in [-0.05, 0) is 56.1 Å². The lowest BCUT2D eigenvalue weighted by molar-refractivity contribution is -0.148. The fourth-order valence-corrected chi connectivity index (χ4v) is 9.51. The average Bonchev–Trinajstić information content (AvgIpc) is 4.13. The molecule has 4 aliphatic rings. The first-order chi connectivity index (χ1) is 27.1. The van der Waals surface area contributed by atoms with E-state index in [4.69, 9.17) is 14.5 Å². The lowest BCUT2D eigenvalue weighted by Crippen LogP contribution is -2.57. The number of fused-ring (bicyclic) bond motifs is 1. The van der Waals surface area contributed by atoms with Crippen molar-refractivity contribution in [2.45, 2.75) is 95.1 Å². The minimum Gasteiger partial charge on any atom is -0.497 e. The fraction of sp³-hybridized carbons (Fsp3) is 0.512. The van der Waals surface area contributed by atoms with Gasteiger partial charge in [0.2, 0.25) is 27.7 Å². The first-order valence-electron chi connectivity index (χ1n) is 19.9. The number of nitrogens with zero attached hydrogens (tertiary/aromatic N) is 3. The molecule has 304 valence electrons. The summed E-state index contributed by atoms with van der Waals surface area (Å²) in [7, 11) is -2.31. The highest BCUT2D eigenvalue weighted by atomic mass is 32.2. The van der Waals surface area contributed by atoms with E-state index in [2.05, 4.69) is 16.6 Å². The predicted octanol–water partition coefficient (Wildman–Crippen LogP) is 4.99. The van der Waals surface area contributed by atoms with Crippen LogP contribution in [-0.2, 0) is 29.2 Å². The number of pyridine rings is 1. The Morgan fingerprint density at radius 3 is 2.39 bits per heavy atom. The van der Waals surface area contributed by atoms with Gasteiger partial charge in [0.1, 0.15) is 29.2 Å². The highest BCUT2D eigenvalue weighted by molar-refractivity contribution is 7.91. The zero-order valence-corrected chi connectivity index (χ0v) is 34.0. The minimum atomic E-state index is -3.90. The molecule has 0 spiro atoms. The van der Waals surface area contributed by atoms with Crippen LogP contribution in [-0.4, -0.2) is 96.5 Å². The van der Waals surface area contributed by atoms with E-state index in [-0.39, 0.29) is 37.6 Å². The molecule has 4 amide bonds. The molecule has 5 atom stereocenters. The average molecular weight is 800 g/mol. The summed E-state index contributed by atoms with van der Waals surface area (Å²) in [5.41, 5.74) is -0.0157. The summed E-state index contributed by atoms with van der Waals surface area (Å²) < 4.78 is 40.1. The normalized spacial score (nSPS) is 24.0. The second kappa shape index (κ2) is 15.8. The van der Waals surface area contributed by atoms with Crippen molar-refractivity contribution < 1.29 is 37.1 Å². The van der Waals surface area contributed by atoms with Crippen molar-refractivity contribution in [1.29, 1.82) is 0 Å². The molecule has 2 saturated carbocycles. The quantitative estimate of drug-likeness (QED) is 0.227. The Morgan fingerprint density at radius 2 is 1.75 bits per heavy atom.